The molecule has 1 heterocycles. The van der Waals surface area contributed by atoms with Gasteiger partial charge in [-0.05, 0) is 32.4 Å². The Bertz CT molecular complexity index is 1000. The lowest BCUT2D eigenvalue weighted by Crippen LogP contribution is -2.40. The molecule has 0 unspecified atom stereocenters. The van der Waals surface area contributed by atoms with Gasteiger partial charge in [-0.2, -0.15) is 0 Å². The highest BCUT2D eigenvalue weighted by atomic mass is 16.5. The van der Waals surface area contributed by atoms with Crippen LogP contribution in [0.15, 0.2) is 54.6 Å². The molecule has 0 bridgehead atoms. The average Bonchev–Trinajstić information content (AvgIpc) is 2.93. The molecule has 1 aliphatic heterocycles. The second kappa shape index (κ2) is 8.99. The van der Waals surface area contributed by atoms with Crippen LogP contribution in [-0.2, 0) is 19.1 Å². The Morgan fingerprint density at radius 3 is 2.35 bits per heavy atom. The van der Waals surface area contributed by atoms with Gasteiger partial charge in [-0.1, -0.05) is 48.5 Å². The number of nitrogens with one attached hydrogen (secondary N) is 2. The van der Waals surface area contributed by atoms with Gasteiger partial charge in [0.05, 0.1) is 6.42 Å². The summed E-state index contributed by atoms with van der Waals surface area (Å²) in [5.41, 5.74) is 1.39. The lowest BCUT2D eigenvalue weighted by Gasteiger charge is -2.17. The van der Waals surface area contributed by atoms with E-state index in [0.717, 1.165) is 16.0 Å². The number of esters is 1. The molecule has 31 heavy (non-hydrogen) atoms. The van der Waals surface area contributed by atoms with Crippen LogP contribution in [0.3, 0.4) is 0 Å². The zero-order valence-electron chi connectivity index (χ0n) is 17.7. The number of carbonyl (C=O) groups excluding carboxylic acids is 4. The van der Waals surface area contributed by atoms with Crippen LogP contribution < -0.4 is 10.6 Å². The Labute approximate surface area is 180 Å². The summed E-state index contributed by atoms with van der Waals surface area (Å²) >= 11 is 0. The van der Waals surface area contributed by atoms with Crippen LogP contribution in [0, 0.1) is 0 Å². The first kappa shape index (κ1) is 22.0. The van der Waals surface area contributed by atoms with E-state index in [9.17, 15) is 19.2 Å². The third-order valence-electron chi connectivity index (χ3n) is 4.93. The number of para-hydroxylation sites is 1. The van der Waals surface area contributed by atoms with E-state index in [0.29, 0.717) is 5.69 Å². The number of anilines is 1. The molecule has 0 spiro atoms. The molecular formula is C23H25N3O5. The van der Waals surface area contributed by atoms with E-state index in [4.69, 9.17) is 4.74 Å². The summed E-state index contributed by atoms with van der Waals surface area (Å²) < 4.78 is 5.19. The highest BCUT2D eigenvalue weighted by molar-refractivity contribution is 6.06. The number of amides is 4. The van der Waals surface area contributed by atoms with Crippen molar-refractivity contribution in [3.8, 4) is 11.1 Å². The van der Waals surface area contributed by atoms with Crippen molar-refractivity contribution in [3.63, 3.8) is 0 Å². The third-order valence-corrected chi connectivity index (χ3v) is 4.93. The van der Waals surface area contributed by atoms with Crippen molar-refractivity contribution in [2.75, 3.05) is 11.9 Å². The summed E-state index contributed by atoms with van der Waals surface area (Å²) in [5.74, 6) is -1.56. The Kier molecular flexibility index (Phi) is 6.39. The SMILES string of the molecule is C[C@H](OC(=O)CCN1C(=O)NC(C)(C)C1=O)C(=O)Nc1ccccc1-c1ccccc1. The first-order valence-corrected chi connectivity index (χ1v) is 9.98. The molecule has 0 saturated carbocycles. The van der Waals surface area contributed by atoms with Gasteiger partial charge in [-0.25, -0.2) is 4.79 Å². The quantitative estimate of drug-likeness (QED) is 0.526. The molecule has 2 aromatic rings. The van der Waals surface area contributed by atoms with Crippen LogP contribution in [-0.4, -0.2) is 46.9 Å². The number of carbonyl (C=O) groups is 4. The van der Waals surface area contributed by atoms with Crippen molar-refractivity contribution in [2.24, 2.45) is 0 Å². The van der Waals surface area contributed by atoms with E-state index >= 15 is 0 Å². The van der Waals surface area contributed by atoms with Gasteiger partial charge < -0.3 is 15.4 Å². The predicted molar refractivity (Wildman–Crippen MR) is 115 cm³/mol. The standard InChI is InChI=1S/C23H25N3O5/c1-15(31-19(27)13-14-26-21(29)23(2,3)25-22(26)30)20(28)24-18-12-8-7-11-17(18)16-9-5-4-6-10-16/h4-12,15H,13-14H2,1-3H3,(H,24,28)(H,25,30)/t15-/m0/s1. The third kappa shape index (κ3) is 5.09. The van der Waals surface area contributed by atoms with Crippen molar-refractivity contribution in [3.05, 3.63) is 54.6 Å². The first-order valence-electron chi connectivity index (χ1n) is 9.98. The fourth-order valence-corrected chi connectivity index (χ4v) is 3.23. The van der Waals surface area contributed by atoms with Crippen LogP contribution in [0.4, 0.5) is 10.5 Å². The molecule has 2 aromatic carbocycles. The molecule has 0 aliphatic carbocycles. The smallest absolute Gasteiger partial charge is 0.325 e. The summed E-state index contributed by atoms with van der Waals surface area (Å²) in [6.45, 7) is 4.53. The van der Waals surface area contributed by atoms with Gasteiger partial charge in [-0.15, -0.1) is 0 Å². The molecule has 8 nitrogen and oxygen atoms in total. The van der Waals surface area contributed by atoms with Gasteiger partial charge in [-0.3, -0.25) is 19.3 Å². The minimum absolute atomic E-state index is 0.113. The molecule has 162 valence electrons. The van der Waals surface area contributed by atoms with Gasteiger partial charge in [0.1, 0.15) is 5.54 Å². The summed E-state index contributed by atoms with van der Waals surface area (Å²) in [7, 11) is 0. The van der Waals surface area contributed by atoms with E-state index in [1.165, 1.54) is 6.92 Å². The van der Waals surface area contributed by atoms with Gasteiger partial charge >= 0.3 is 12.0 Å². The molecular weight excluding hydrogens is 398 g/mol. The lowest BCUT2D eigenvalue weighted by molar-refractivity contribution is -0.153. The largest absolute Gasteiger partial charge is 0.452 e. The molecule has 0 aromatic heterocycles. The van der Waals surface area contributed by atoms with E-state index < -0.39 is 35.5 Å². The maximum Gasteiger partial charge on any atom is 0.325 e. The Morgan fingerprint density at radius 1 is 1.06 bits per heavy atom. The molecule has 0 radical (unpaired) electrons. The average molecular weight is 423 g/mol. The van der Waals surface area contributed by atoms with E-state index in [2.05, 4.69) is 10.6 Å². The molecule has 1 atom stereocenters. The van der Waals surface area contributed by atoms with Crippen molar-refractivity contribution in [1.29, 1.82) is 0 Å². The number of hydrogen-bond acceptors (Lipinski definition) is 5. The van der Waals surface area contributed by atoms with Gasteiger partial charge in [0.2, 0.25) is 0 Å². The van der Waals surface area contributed by atoms with Crippen molar-refractivity contribution in [1.82, 2.24) is 10.2 Å². The normalized spacial score (nSPS) is 15.9. The van der Waals surface area contributed by atoms with Crippen molar-refractivity contribution < 1.29 is 23.9 Å². The maximum atomic E-state index is 12.6. The van der Waals surface area contributed by atoms with Crippen LogP contribution in [0.2, 0.25) is 0 Å². The molecule has 1 fully saturated rings. The minimum Gasteiger partial charge on any atom is -0.452 e. The molecule has 3 rings (SSSR count). The van der Waals surface area contributed by atoms with Gasteiger partial charge in [0.25, 0.3) is 11.8 Å². The number of benzene rings is 2. The Balaban J connectivity index is 1.56. The van der Waals surface area contributed by atoms with Crippen LogP contribution in [0.25, 0.3) is 11.1 Å². The number of hydrogen-bond donors (Lipinski definition) is 2. The highest BCUT2D eigenvalue weighted by Crippen LogP contribution is 2.27. The van der Waals surface area contributed by atoms with Crippen molar-refractivity contribution in [2.45, 2.75) is 38.8 Å². The molecule has 2 N–H and O–H groups in total. The fourth-order valence-electron chi connectivity index (χ4n) is 3.23. The minimum atomic E-state index is -1.05. The number of imide groups is 1. The zero-order valence-corrected chi connectivity index (χ0v) is 17.7. The summed E-state index contributed by atoms with van der Waals surface area (Å²) in [6, 6.07) is 16.4. The topological polar surface area (TPSA) is 105 Å². The molecule has 1 saturated heterocycles. The molecule has 8 heteroatoms. The second-order valence-electron chi connectivity index (χ2n) is 7.79. The summed E-state index contributed by atoms with van der Waals surface area (Å²) in [6.07, 6.45) is -1.25. The van der Waals surface area contributed by atoms with E-state index in [-0.39, 0.29) is 13.0 Å². The first-order chi connectivity index (χ1) is 14.7. The van der Waals surface area contributed by atoms with Crippen LogP contribution in [0.5, 0.6) is 0 Å². The predicted octanol–water partition coefficient (Wildman–Crippen LogP) is 2.94. The number of ether oxygens (including phenoxy) is 1. The molecule has 1 aliphatic rings. The monoisotopic (exact) mass is 423 g/mol. The zero-order chi connectivity index (χ0) is 22.6. The number of nitrogens with zero attached hydrogens (tertiary/aromatic N) is 1. The number of rotatable bonds is 7. The van der Waals surface area contributed by atoms with E-state index in [1.807, 2.05) is 42.5 Å². The van der Waals surface area contributed by atoms with E-state index in [1.54, 1.807) is 26.0 Å². The van der Waals surface area contributed by atoms with Gasteiger partial charge in [0.15, 0.2) is 6.10 Å². The Hall–Kier alpha value is -3.68. The van der Waals surface area contributed by atoms with Gasteiger partial charge in [0, 0.05) is 17.8 Å². The highest BCUT2D eigenvalue weighted by Gasteiger charge is 2.44. The van der Waals surface area contributed by atoms with Crippen LogP contribution >= 0.6 is 0 Å². The van der Waals surface area contributed by atoms with Crippen LogP contribution in [0.1, 0.15) is 27.2 Å². The summed E-state index contributed by atoms with van der Waals surface area (Å²) in [4.78, 5) is 49.7. The van der Waals surface area contributed by atoms with Crippen molar-refractivity contribution >= 4 is 29.5 Å². The summed E-state index contributed by atoms with van der Waals surface area (Å²) in [5, 5.41) is 5.33. The Morgan fingerprint density at radius 2 is 1.71 bits per heavy atom. The number of urea groups is 1. The second-order valence-corrected chi connectivity index (χ2v) is 7.79. The lowest BCUT2D eigenvalue weighted by atomic mass is 10.0. The molecule has 4 amide bonds. The fraction of sp³-hybridized carbons (Fsp3) is 0.304. The maximum absolute atomic E-state index is 12.6.